The third-order valence-electron chi connectivity index (χ3n) is 11.8. The summed E-state index contributed by atoms with van der Waals surface area (Å²) in [5.41, 5.74) is 5.59. The molecule has 18 N–H and O–H groups in total. The van der Waals surface area contributed by atoms with E-state index >= 15 is 0 Å². The van der Waals surface area contributed by atoms with E-state index in [2.05, 4.69) is 79.8 Å². The summed E-state index contributed by atoms with van der Waals surface area (Å²) in [6.45, 7) is 17.8. The largest absolute Gasteiger partial charge is 0.480 e. The van der Waals surface area contributed by atoms with Gasteiger partial charge in [0.2, 0.25) is 88.6 Å². The van der Waals surface area contributed by atoms with Gasteiger partial charge in [0, 0.05) is 6.92 Å². The molecule has 33 nitrogen and oxygen atoms in total. The molecule has 0 heterocycles. The van der Waals surface area contributed by atoms with Gasteiger partial charge in [-0.2, -0.15) is 0 Å². The second kappa shape index (κ2) is 36.0. The molecule has 14 atom stereocenters. The Bertz CT molecular complexity index is 2360. The Morgan fingerprint density at radius 2 is 0.537 bits per heavy atom. The highest BCUT2D eigenvalue weighted by molar-refractivity contribution is 5.99. The molecule has 0 aromatic carbocycles. The van der Waals surface area contributed by atoms with E-state index in [-0.39, 0.29) is 13.0 Å². The maximum absolute atomic E-state index is 13.3. The molecule has 0 saturated heterocycles. The summed E-state index contributed by atoms with van der Waals surface area (Å²) in [7, 11) is 0. The summed E-state index contributed by atoms with van der Waals surface area (Å²) in [4.78, 5) is 201. The first kappa shape index (κ1) is 73.5. The standard InChI is InChI=1S/C49H84N16O17/c1-20(54-39(71)23(4)57-41(73)26(7)59-43(75)28(9)60-42(74)27(8)58-40(72)24(5)55-37(69)21(2)52-33(14)66)36(68)51-19-35(67)53-22(3)38(70)56-25(6)44(76)62-31(12)47(79)65-34(17-15-16-18-50)48(80)63-30(11)45(77)61-29(10)46(78)64-32(13)49(81)82/h20-32,34H,15-19,50H2,1-14H3,(H,51,68)(H,52,66)(H,53,67)(H,54,71)(H,55,69)(H,56,70)(H,57,73)(H,58,72)(H,59,75)(H,60,74)(H,61,77)(H,62,76)(H,63,80)(H,64,78)(H,65,79)(H,81,82)/t20-,21-,22-,23-,24-,25-,26-,27-,28-,29-,30-,31-,32-,34-/m0/s1. The smallest absolute Gasteiger partial charge is 0.325 e. The molecule has 0 aliphatic rings. The number of nitrogens with one attached hydrogen (secondary N) is 15. The van der Waals surface area contributed by atoms with Crippen molar-refractivity contribution in [3.05, 3.63) is 0 Å². The number of carboxylic acids is 1. The van der Waals surface area contributed by atoms with Gasteiger partial charge >= 0.3 is 5.97 Å². The molecule has 0 aliphatic heterocycles. The number of carbonyl (C=O) groups excluding carboxylic acids is 15. The quantitative estimate of drug-likeness (QED) is 0.0266. The number of carbonyl (C=O) groups is 16. The van der Waals surface area contributed by atoms with E-state index in [9.17, 15) is 76.7 Å². The van der Waals surface area contributed by atoms with Gasteiger partial charge in [-0.25, -0.2) is 0 Å². The predicted octanol–water partition coefficient (Wildman–Crippen LogP) is -7.62. The molecule has 0 aromatic rings. The Hall–Kier alpha value is -8.52. The molecule has 0 rings (SSSR count). The Kier molecular flexibility index (Phi) is 32.2. The van der Waals surface area contributed by atoms with Gasteiger partial charge in [0.15, 0.2) is 0 Å². The van der Waals surface area contributed by atoms with Crippen molar-refractivity contribution >= 4 is 94.6 Å². The Balaban J connectivity index is 5.08. The van der Waals surface area contributed by atoms with Crippen LogP contribution in [0.2, 0.25) is 0 Å². The third kappa shape index (κ3) is 27.6. The van der Waals surface area contributed by atoms with Crippen molar-refractivity contribution in [2.75, 3.05) is 13.1 Å². The molecule has 0 aromatic heterocycles. The number of nitrogens with two attached hydrogens (primary N) is 1. The van der Waals surface area contributed by atoms with Gasteiger partial charge in [0.25, 0.3) is 0 Å². The lowest BCUT2D eigenvalue weighted by atomic mass is 10.1. The van der Waals surface area contributed by atoms with E-state index in [1.807, 2.05) is 0 Å². The third-order valence-corrected chi connectivity index (χ3v) is 11.8. The van der Waals surface area contributed by atoms with Gasteiger partial charge in [0.1, 0.15) is 84.6 Å². The number of aliphatic carboxylic acids is 1. The van der Waals surface area contributed by atoms with Crippen molar-refractivity contribution in [3.63, 3.8) is 0 Å². The predicted molar refractivity (Wildman–Crippen MR) is 290 cm³/mol. The topological polar surface area (TPSA) is 500 Å². The van der Waals surface area contributed by atoms with Gasteiger partial charge in [-0.3, -0.25) is 76.7 Å². The molecular formula is C49H84N16O17. The SMILES string of the molecule is CC(=O)N[C@@H](C)C(=O)N[C@@H](C)C(=O)N[C@@H](C)C(=O)N[C@@H](C)C(=O)N[C@@H](C)C(=O)N[C@@H](C)C(=O)N[C@@H](C)C(=O)NCC(=O)N[C@@H](C)C(=O)N[C@@H](C)C(=O)N[C@@H](C)C(=O)N[C@@H](CCCCN)C(=O)N[C@@H](C)C(=O)N[C@@H](C)C(=O)N[C@@H](C)C(=O)O. The van der Waals surface area contributed by atoms with Crippen molar-refractivity contribution in [1.29, 1.82) is 0 Å². The fraction of sp³-hybridized carbons (Fsp3) is 0.673. The minimum absolute atomic E-state index is 0.0788. The van der Waals surface area contributed by atoms with E-state index < -0.39 is 186 Å². The first-order valence-corrected chi connectivity index (χ1v) is 26.4. The highest BCUT2D eigenvalue weighted by Gasteiger charge is 2.32. The molecule has 33 heteroatoms. The Morgan fingerprint density at radius 3 is 0.805 bits per heavy atom. The van der Waals surface area contributed by atoms with Crippen LogP contribution < -0.4 is 85.5 Å². The Labute approximate surface area is 474 Å². The molecule has 0 aliphatic carbocycles. The number of rotatable bonds is 34. The molecule has 0 bridgehead atoms. The number of amides is 15. The second-order valence-corrected chi connectivity index (χ2v) is 19.6. The molecule has 15 amide bonds. The molecule has 0 unspecified atom stereocenters. The summed E-state index contributed by atoms with van der Waals surface area (Å²) < 4.78 is 0. The number of carboxylic acid groups (broad SMARTS) is 1. The van der Waals surface area contributed by atoms with Crippen molar-refractivity contribution in [2.45, 2.75) is 201 Å². The van der Waals surface area contributed by atoms with Gasteiger partial charge in [-0.1, -0.05) is 0 Å². The fourth-order valence-electron chi connectivity index (χ4n) is 6.52. The van der Waals surface area contributed by atoms with Crippen molar-refractivity contribution in [1.82, 2.24) is 79.8 Å². The molecule has 0 saturated carbocycles. The maximum atomic E-state index is 13.3. The lowest BCUT2D eigenvalue weighted by Crippen LogP contribution is -2.58. The van der Waals surface area contributed by atoms with Crippen LogP contribution in [0.3, 0.4) is 0 Å². The molecule has 82 heavy (non-hydrogen) atoms. The molecule has 0 radical (unpaired) electrons. The van der Waals surface area contributed by atoms with Crippen molar-refractivity contribution in [2.24, 2.45) is 5.73 Å². The lowest BCUT2D eigenvalue weighted by molar-refractivity contribution is -0.141. The highest BCUT2D eigenvalue weighted by Crippen LogP contribution is 2.04. The summed E-state index contributed by atoms with van der Waals surface area (Å²) in [5.74, 6) is -12.9. The van der Waals surface area contributed by atoms with Crippen LogP contribution in [0.1, 0.15) is 116 Å². The van der Waals surface area contributed by atoms with E-state index in [1.54, 1.807) is 0 Å². The lowest BCUT2D eigenvalue weighted by Gasteiger charge is -2.24. The molecule has 0 spiro atoms. The van der Waals surface area contributed by atoms with Gasteiger partial charge in [0.05, 0.1) is 6.54 Å². The van der Waals surface area contributed by atoms with Crippen LogP contribution in [0.25, 0.3) is 0 Å². The van der Waals surface area contributed by atoms with Gasteiger partial charge in [-0.05, 0) is 116 Å². The number of unbranched alkanes of at least 4 members (excludes halogenated alkanes) is 1. The van der Waals surface area contributed by atoms with Crippen LogP contribution in [0.4, 0.5) is 0 Å². The summed E-state index contributed by atoms with van der Waals surface area (Å²) in [5, 5.41) is 44.6. The minimum Gasteiger partial charge on any atom is -0.480 e. The average Bonchev–Trinajstić information content (AvgIpc) is 3.42. The zero-order chi connectivity index (χ0) is 63.5. The Morgan fingerprint density at radius 1 is 0.305 bits per heavy atom. The first-order chi connectivity index (χ1) is 37.9. The van der Waals surface area contributed by atoms with Crippen LogP contribution in [0.5, 0.6) is 0 Å². The molecular weight excluding hydrogens is 1080 g/mol. The van der Waals surface area contributed by atoms with E-state index in [0.717, 1.165) is 0 Å². The summed E-state index contributed by atoms with van der Waals surface area (Å²) in [6, 6.07) is -16.8. The van der Waals surface area contributed by atoms with Gasteiger partial charge < -0.3 is 90.6 Å². The van der Waals surface area contributed by atoms with E-state index in [1.165, 1.54) is 96.9 Å². The maximum Gasteiger partial charge on any atom is 0.325 e. The zero-order valence-electron chi connectivity index (χ0n) is 48.7. The van der Waals surface area contributed by atoms with E-state index in [4.69, 9.17) is 10.8 Å². The monoisotopic (exact) mass is 1170 g/mol. The van der Waals surface area contributed by atoms with Crippen LogP contribution in [0, 0.1) is 0 Å². The average molecular weight is 1170 g/mol. The minimum atomic E-state index is -1.29. The number of hydrogen-bond donors (Lipinski definition) is 17. The van der Waals surface area contributed by atoms with Crippen LogP contribution in [-0.2, 0) is 76.7 Å². The first-order valence-electron chi connectivity index (χ1n) is 26.4. The van der Waals surface area contributed by atoms with Gasteiger partial charge in [-0.15, -0.1) is 0 Å². The highest BCUT2D eigenvalue weighted by atomic mass is 16.4. The number of hydrogen-bond acceptors (Lipinski definition) is 17. The molecule has 462 valence electrons. The van der Waals surface area contributed by atoms with Crippen molar-refractivity contribution < 1.29 is 81.8 Å². The van der Waals surface area contributed by atoms with Crippen molar-refractivity contribution in [3.8, 4) is 0 Å². The van der Waals surface area contributed by atoms with E-state index in [0.29, 0.717) is 12.8 Å². The van der Waals surface area contributed by atoms with Crippen LogP contribution in [-0.4, -0.2) is 197 Å². The van der Waals surface area contributed by atoms with Crippen LogP contribution in [0.15, 0.2) is 0 Å². The summed E-state index contributed by atoms with van der Waals surface area (Å²) in [6.07, 6.45) is 0.935. The zero-order valence-corrected chi connectivity index (χ0v) is 48.7. The second-order valence-electron chi connectivity index (χ2n) is 19.6. The molecule has 0 fully saturated rings. The fourth-order valence-corrected chi connectivity index (χ4v) is 6.52. The van der Waals surface area contributed by atoms with Crippen LogP contribution >= 0.6 is 0 Å². The normalized spacial score (nSPS) is 15.9. The summed E-state index contributed by atoms with van der Waals surface area (Å²) >= 11 is 0.